The first-order valence-corrected chi connectivity index (χ1v) is 7.41. The van der Waals surface area contributed by atoms with Gasteiger partial charge in [-0.25, -0.2) is 13.6 Å². The monoisotopic (exact) mass is 289 g/mol. The molecule has 0 spiro atoms. The second-order valence-electron chi connectivity index (χ2n) is 4.31. The summed E-state index contributed by atoms with van der Waals surface area (Å²) in [7, 11) is -3.92. The van der Waals surface area contributed by atoms with Crippen LogP contribution in [0.2, 0.25) is 0 Å². The number of nitrogens with two attached hydrogens (primary N) is 1. The summed E-state index contributed by atoms with van der Waals surface area (Å²) in [5.41, 5.74) is 0.534. The molecule has 2 aromatic carbocycles. The molecule has 0 amide bonds. The highest BCUT2D eigenvalue weighted by molar-refractivity contribution is 7.89. The van der Waals surface area contributed by atoms with Gasteiger partial charge in [0, 0.05) is 0 Å². The van der Waals surface area contributed by atoms with Crippen molar-refractivity contribution < 1.29 is 8.42 Å². The number of aromatic amines is 1. The molecule has 1 heterocycles. The highest BCUT2D eigenvalue weighted by Gasteiger charge is 2.31. The van der Waals surface area contributed by atoms with Crippen LogP contribution in [0.3, 0.4) is 0 Å². The number of H-pyrrole nitrogens is 1. The highest BCUT2D eigenvalue weighted by atomic mass is 32.2. The van der Waals surface area contributed by atoms with E-state index in [4.69, 9.17) is 5.14 Å². The zero-order valence-corrected chi connectivity index (χ0v) is 11.1. The van der Waals surface area contributed by atoms with Crippen LogP contribution >= 0.6 is 0 Å². The summed E-state index contributed by atoms with van der Waals surface area (Å²) in [6.07, 6.45) is 0. The van der Waals surface area contributed by atoms with E-state index in [9.17, 15) is 8.42 Å². The van der Waals surface area contributed by atoms with Gasteiger partial charge < -0.3 is 0 Å². The van der Waals surface area contributed by atoms with Crippen LogP contribution < -0.4 is 5.14 Å². The van der Waals surface area contributed by atoms with E-state index < -0.39 is 15.3 Å². The number of sulfonamides is 1. The van der Waals surface area contributed by atoms with Crippen molar-refractivity contribution >= 4 is 20.8 Å². The number of primary sulfonamides is 1. The number of aromatic nitrogens is 4. The Hall–Kier alpha value is -2.32. The molecule has 0 saturated heterocycles. The van der Waals surface area contributed by atoms with Gasteiger partial charge in [-0.15, -0.1) is 10.2 Å². The maximum atomic E-state index is 11.9. The topological polar surface area (TPSA) is 115 Å². The molecule has 0 saturated carbocycles. The fourth-order valence-electron chi connectivity index (χ4n) is 2.22. The lowest BCUT2D eigenvalue weighted by molar-refractivity contribution is 0.588. The van der Waals surface area contributed by atoms with Crippen molar-refractivity contribution in [1.29, 1.82) is 0 Å². The summed E-state index contributed by atoms with van der Waals surface area (Å²) < 4.78 is 23.9. The van der Waals surface area contributed by atoms with Crippen LogP contribution in [0.25, 0.3) is 10.8 Å². The number of tetrazole rings is 1. The first kappa shape index (κ1) is 12.7. The van der Waals surface area contributed by atoms with Crippen molar-refractivity contribution in [2.24, 2.45) is 5.14 Å². The molecule has 102 valence electrons. The third kappa shape index (κ3) is 2.15. The van der Waals surface area contributed by atoms with Gasteiger partial charge in [0.25, 0.3) is 0 Å². The van der Waals surface area contributed by atoms with Gasteiger partial charge in [-0.2, -0.15) is 5.21 Å². The van der Waals surface area contributed by atoms with E-state index in [0.717, 1.165) is 10.8 Å². The molecule has 1 atom stereocenters. The lowest BCUT2D eigenvalue weighted by atomic mass is 10.0. The zero-order valence-electron chi connectivity index (χ0n) is 10.3. The summed E-state index contributed by atoms with van der Waals surface area (Å²) >= 11 is 0. The van der Waals surface area contributed by atoms with Crippen molar-refractivity contribution in [3.8, 4) is 0 Å². The van der Waals surface area contributed by atoms with Gasteiger partial charge in [0.05, 0.1) is 0 Å². The van der Waals surface area contributed by atoms with E-state index in [2.05, 4.69) is 20.6 Å². The molecule has 0 fully saturated rings. The Labute approximate surface area is 114 Å². The Morgan fingerprint density at radius 2 is 1.85 bits per heavy atom. The molecule has 3 N–H and O–H groups in total. The maximum absolute atomic E-state index is 11.9. The Kier molecular flexibility index (Phi) is 2.96. The van der Waals surface area contributed by atoms with Crippen LogP contribution in [0.1, 0.15) is 16.6 Å². The summed E-state index contributed by atoms with van der Waals surface area (Å²) in [6.45, 7) is 0. The third-order valence-electron chi connectivity index (χ3n) is 3.03. The molecule has 1 unspecified atom stereocenters. The Morgan fingerprint density at radius 3 is 2.55 bits per heavy atom. The lowest BCUT2D eigenvalue weighted by Gasteiger charge is -2.13. The second-order valence-corrected chi connectivity index (χ2v) is 5.96. The number of nitrogens with zero attached hydrogens (tertiary/aromatic N) is 3. The van der Waals surface area contributed by atoms with Gasteiger partial charge in [-0.1, -0.05) is 47.7 Å². The van der Waals surface area contributed by atoms with E-state index in [1.807, 2.05) is 30.3 Å². The average Bonchev–Trinajstić information content (AvgIpc) is 2.91. The number of rotatable bonds is 3. The molecule has 1 aromatic heterocycles. The SMILES string of the molecule is NS(=O)(=O)C(c1nn[nH]n1)c1cccc2ccccc12. The molecule has 20 heavy (non-hydrogen) atoms. The van der Waals surface area contributed by atoms with Gasteiger partial charge in [0.2, 0.25) is 10.0 Å². The first-order chi connectivity index (χ1) is 9.57. The number of hydrogen-bond acceptors (Lipinski definition) is 5. The van der Waals surface area contributed by atoms with Crippen LogP contribution in [0, 0.1) is 0 Å². The molecule has 0 aliphatic heterocycles. The summed E-state index contributed by atoms with van der Waals surface area (Å²) in [5.74, 6) is 0.0313. The molecule has 0 aliphatic rings. The zero-order chi connectivity index (χ0) is 14.2. The molecule has 0 aliphatic carbocycles. The summed E-state index contributed by atoms with van der Waals surface area (Å²) in [5, 5.41) is 19.1. The van der Waals surface area contributed by atoms with Crippen LogP contribution in [0.5, 0.6) is 0 Å². The third-order valence-corrected chi connectivity index (χ3v) is 4.15. The Bertz CT molecular complexity index is 840. The van der Waals surface area contributed by atoms with E-state index >= 15 is 0 Å². The minimum absolute atomic E-state index is 0.0313. The molecule has 3 rings (SSSR count). The molecule has 7 nitrogen and oxygen atoms in total. The Balaban J connectivity index is 2.31. The molecular weight excluding hydrogens is 278 g/mol. The van der Waals surface area contributed by atoms with E-state index in [0.29, 0.717) is 5.56 Å². The molecule has 0 radical (unpaired) electrons. The van der Waals surface area contributed by atoms with Crippen molar-refractivity contribution in [2.45, 2.75) is 5.25 Å². The number of fused-ring (bicyclic) bond motifs is 1. The molecular formula is C12H11N5O2S. The van der Waals surface area contributed by atoms with Crippen molar-refractivity contribution in [2.75, 3.05) is 0 Å². The minimum Gasteiger partial charge on any atom is -0.228 e. The number of nitrogens with one attached hydrogen (secondary N) is 1. The molecule has 3 aromatic rings. The van der Waals surface area contributed by atoms with Gasteiger partial charge in [0.15, 0.2) is 11.1 Å². The van der Waals surface area contributed by atoms with Crippen LogP contribution in [0.15, 0.2) is 42.5 Å². The number of hydrogen-bond donors (Lipinski definition) is 2. The van der Waals surface area contributed by atoms with E-state index in [1.54, 1.807) is 12.1 Å². The average molecular weight is 289 g/mol. The van der Waals surface area contributed by atoms with E-state index in [-0.39, 0.29) is 5.82 Å². The first-order valence-electron chi connectivity index (χ1n) is 5.80. The predicted octanol–water partition coefficient (Wildman–Crippen LogP) is 0.731. The second kappa shape index (κ2) is 4.66. The van der Waals surface area contributed by atoms with Crippen molar-refractivity contribution in [1.82, 2.24) is 20.6 Å². The Morgan fingerprint density at radius 1 is 1.10 bits per heavy atom. The van der Waals surface area contributed by atoms with Crippen LogP contribution in [-0.2, 0) is 10.0 Å². The van der Waals surface area contributed by atoms with Gasteiger partial charge >= 0.3 is 0 Å². The van der Waals surface area contributed by atoms with Gasteiger partial charge in [-0.3, -0.25) is 0 Å². The molecule has 8 heteroatoms. The summed E-state index contributed by atoms with van der Waals surface area (Å²) in [4.78, 5) is 0. The molecule has 0 bridgehead atoms. The smallest absolute Gasteiger partial charge is 0.223 e. The van der Waals surface area contributed by atoms with Crippen LogP contribution in [-0.4, -0.2) is 29.0 Å². The fraction of sp³-hybridized carbons (Fsp3) is 0.0833. The van der Waals surface area contributed by atoms with Gasteiger partial charge in [-0.05, 0) is 16.3 Å². The standard InChI is InChI=1S/C12H11N5O2S/c13-20(18,19)11(12-14-16-17-15-12)10-7-3-5-8-4-1-2-6-9(8)10/h1-7,11H,(H2,13,18,19)(H,14,15,16,17). The summed E-state index contributed by atoms with van der Waals surface area (Å²) in [6, 6.07) is 12.8. The quantitative estimate of drug-likeness (QED) is 0.737. The predicted molar refractivity (Wildman–Crippen MR) is 73.1 cm³/mol. The lowest BCUT2D eigenvalue weighted by Crippen LogP contribution is -2.24. The normalized spacial score (nSPS) is 13.4. The maximum Gasteiger partial charge on any atom is 0.223 e. The minimum atomic E-state index is -3.92. The largest absolute Gasteiger partial charge is 0.228 e. The number of benzene rings is 2. The van der Waals surface area contributed by atoms with E-state index in [1.165, 1.54) is 0 Å². The van der Waals surface area contributed by atoms with Crippen molar-refractivity contribution in [3.63, 3.8) is 0 Å². The fourth-order valence-corrected chi connectivity index (χ4v) is 3.18. The van der Waals surface area contributed by atoms with Crippen LogP contribution in [0.4, 0.5) is 0 Å². The highest BCUT2D eigenvalue weighted by Crippen LogP contribution is 2.31. The van der Waals surface area contributed by atoms with Gasteiger partial charge in [0.1, 0.15) is 0 Å². The van der Waals surface area contributed by atoms with Crippen molar-refractivity contribution in [3.05, 3.63) is 53.9 Å².